The Morgan fingerprint density at radius 1 is 1.50 bits per heavy atom. The normalized spacial score (nSPS) is 10.7. The van der Waals surface area contributed by atoms with Crippen LogP contribution in [0.15, 0.2) is 12.3 Å². The van der Waals surface area contributed by atoms with E-state index in [0.717, 1.165) is 0 Å². The highest BCUT2D eigenvalue weighted by atomic mass is 35.5. The van der Waals surface area contributed by atoms with Gasteiger partial charge in [-0.3, -0.25) is 9.59 Å². The summed E-state index contributed by atoms with van der Waals surface area (Å²) in [5.74, 6) is -1.13. The molecular weight excluding hydrogens is 256 g/mol. The van der Waals surface area contributed by atoms with Crippen molar-refractivity contribution in [2.24, 2.45) is 7.05 Å². The molecule has 5 nitrogen and oxygen atoms in total. The number of hydrogen-bond donors (Lipinski definition) is 1. The van der Waals surface area contributed by atoms with Gasteiger partial charge in [0.2, 0.25) is 0 Å². The van der Waals surface area contributed by atoms with Crippen molar-refractivity contribution in [3.8, 4) is 0 Å². The minimum Gasteiger partial charge on any atom is -0.481 e. The number of aliphatic carboxylic acids is 1. The maximum atomic E-state index is 12.3. The average Bonchev–Trinajstić information content (AvgIpc) is 2.56. The van der Waals surface area contributed by atoms with E-state index < -0.39 is 5.97 Å². The van der Waals surface area contributed by atoms with Crippen LogP contribution in [0, 0.1) is 0 Å². The van der Waals surface area contributed by atoms with Gasteiger partial charge in [0.25, 0.3) is 5.91 Å². The average molecular weight is 273 g/mol. The first kappa shape index (κ1) is 14.6. The van der Waals surface area contributed by atoms with Crippen molar-refractivity contribution >= 4 is 23.5 Å². The SMILES string of the molecule is CC(C)N(CCC(=O)O)C(=O)c1cc(Cl)cn1C. The van der Waals surface area contributed by atoms with E-state index in [2.05, 4.69) is 0 Å². The molecule has 0 saturated carbocycles. The zero-order chi connectivity index (χ0) is 13.9. The molecule has 0 spiro atoms. The molecule has 100 valence electrons. The summed E-state index contributed by atoms with van der Waals surface area (Å²) >= 11 is 5.84. The molecule has 1 heterocycles. The molecule has 1 rings (SSSR count). The van der Waals surface area contributed by atoms with Gasteiger partial charge < -0.3 is 14.6 Å². The Balaban J connectivity index is 2.89. The number of rotatable bonds is 5. The van der Waals surface area contributed by atoms with Crippen molar-refractivity contribution in [3.63, 3.8) is 0 Å². The van der Waals surface area contributed by atoms with E-state index in [9.17, 15) is 9.59 Å². The highest BCUT2D eigenvalue weighted by molar-refractivity contribution is 6.31. The van der Waals surface area contributed by atoms with E-state index in [1.54, 1.807) is 23.9 Å². The van der Waals surface area contributed by atoms with Gasteiger partial charge in [-0.25, -0.2) is 0 Å². The molecule has 0 aromatic carbocycles. The lowest BCUT2D eigenvalue weighted by Gasteiger charge is -2.26. The third-order valence-electron chi connectivity index (χ3n) is 2.64. The van der Waals surface area contributed by atoms with E-state index in [1.165, 1.54) is 4.90 Å². The van der Waals surface area contributed by atoms with Crippen molar-refractivity contribution in [1.82, 2.24) is 9.47 Å². The Kier molecular flexibility index (Phi) is 4.78. The molecular formula is C12H17ClN2O3. The van der Waals surface area contributed by atoms with Crippen molar-refractivity contribution < 1.29 is 14.7 Å². The van der Waals surface area contributed by atoms with Crippen LogP contribution in [0.3, 0.4) is 0 Å². The summed E-state index contributed by atoms with van der Waals surface area (Å²) in [6.07, 6.45) is 1.58. The van der Waals surface area contributed by atoms with Crippen molar-refractivity contribution in [1.29, 1.82) is 0 Å². The zero-order valence-corrected chi connectivity index (χ0v) is 11.4. The second-order valence-corrected chi connectivity index (χ2v) is 4.83. The first-order chi connectivity index (χ1) is 8.32. The molecule has 1 aromatic heterocycles. The number of nitrogens with zero attached hydrogens (tertiary/aromatic N) is 2. The van der Waals surface area contributed by atoms with Crippen LogP contribution in [0.25, 0.3) is 0 Å². The molecule has 0 saturated heterocycles. The smallest absolute Gasteiger partial charge is 0.305 e. The van der Waals surface area contributed by atoms with Gasteiger partial charge in [-0.2, -0.15) is 0 Å². The van der Waals surface area contributed by atoms with Crippen LogP contribution in [0.4, 0.5) is 0 Å². The fraction of sp³-hybridized carbons (Fsp3) is 0.500. The van der Waals surface area contributed by atoms with Gasteiger partial charge in [-0.05, 0) is 19.9 Å². The predicted molar refractivity (Wildman–Crippen MR) is 68.8 cm³/mol. The van der Waals surface area contributed by atoms with Gasteiger partial charge in [0.1, 0.15) is 5.69 Å². The zero-order valence-electron chi connectivity index (χ0n) is 10.7. The molecule has 1 amide bonds. The molecule has 1 N–H and O–H groups in total. The maximum Gasteiger partial charge on any atom is 0.305 e. The Bertz CT molecular complexity index is 454. The largest absolute Gasteiger partial charge is 0.481 e. The third-order valence-corrected chi connectivity index (χ3v) is 2.85. The van der Waals surface area contributed by atoms with Crippen LogP contribution >= 0.6 is 11.6 Å². The molecule has 0 unspecified atom stereocenters. The summed E-state index contributed by atoms with van der Waals surface area (Å²) in [6.45, 7) is 3.89. The summed E-state index contributed by atoms with van der Waals surface area (Å²) in [6, 6.07) is 1.52. The molecule has 0 aliphatic carbocycles. The quantitative estimate of drug-likeness (QED) is 0.892. The molecule has 1 aromatic rings. The molecule has 0 bridgehead atoms. The third kappa shape index (κ3) is 3.50. The second-order valence-electron chi connectivity index (χ2n) is 4.39. The summed E-state index contributed by atoms with van der Waals surface area (Å²) in [4.78, 5) is 24.4. The van der Waals surface area contributed by atoms with Gasteiger partial charge in [0.15, 0.2) is 0 Å². The summed E-state index contributed by atoms with van der Waals surface area (Å²) in [7, 11) is 1.73. The first-order valence-electron chi connectivity index (χ1n) is 5.67. The van der Waals surface area contributed by atoms with E-state index >= 15 is 0 Å². The van der Waals surface area contributed by atoms with E-state index in [0.29, 0.717) is 10.7 Å². The monoisotopic (exact) mass is 272 g/mol. The summed E-state index contributed by atoms with van der Waals surface area (Å²) in [5, 5.41) is 9.18. The molecule has 0 aliphatic rings. The van der Waals surface area contributed by atoms with Gasteiger partial charge in [0.05, 0.1) is 11.4 Å². The second kappa shape index (κ2) is 5.91. The lowest BCUT2D eigenvalue weighted by Crippen LogP contribution is -2.39. The predicted octanol–water partition coefficient (Wildman–Crippen LogP) is 2.00. The van der Waals surface area contributed by atoms with E-state index in [1.807, 2.05) is 13.8 Å². The van der Waals surface area contributed by atoms with Gasteiger partial charge in [0, 0.05) is 25.8 Å². The summed E-state index contributed by atoms with van der Waals surface area (Å²) < 4.78 is 1.64. The number of carbonyl (C=O) groups is 2. The minimum absolute atomic E-state index is 0.0643. The fourth-order valence-electron chi connectivity index (χ4n) is 1.69. The molecule has 0 radical (unpaired) electrons. The number of carboxylic acid groups (broad SMARTS) is 1. The molecule has 0 atom stereocenters. The lowest BCUT2D eigenvalue weighted by atomic mass is 10.2. The minimum atomic E-state index is -0.918. The topological polar surface area (TPSA) is 62.5 Å². The fourth-order valence-corrected chi connectivity index (χ4v) is 1.94. The molecule has 0 fully saturated rings. The van der Waals surface area contributed by atoms with Crippen molar-refractivity contribution in [3.05, 3.63) is 23.0 Å². The number of amides is 1. The van der Waals surface area contributed by atoms with Gasteiger partial charge >= 0.3 is 5.97 Å². The number of carboxylic acids is 1. The Morgan fingerprint density at radius 3 is 2.50 bits per heavy atom. The number of carbonyl (C=O) groups excluding carboxylic acids is 1. The van der Waals surface area contributed by atoms with Crippen LogP contribution in [0.5, 0.6) is 0 Å². The number of aromatic nitrogens is 1. The Labute approximate surface area is 111 Å². The van der Waals surface area contributed by atoms with Crippen LogP contribution in [0.1, 0.15) is 30.8 Å². The lowest BCUT2D eigenvalue weighted by molar-refractivity contribution is -0.137. The highest BCUT2D eigenvalue weighted by Crippen LogP contribution is 2.16. The van der Waals surface area contributed by atoms with Crippen LogP contribution < -0.4 is 0 Å². The first-order valence-corrected chi connectivity index (χ1v) is 6.05. The molecule has 0 aliphatic heterocycles. The van der Waals surface area contributed by atoms with Gasteiger partial charge in [-0.1, -0.05) is 11.6 Å². The van der Waals surface area contributed by atoms with E-state index in [4.69, 9.17) is 16.7 Å². The standard InChI is InChI=1S/C12H17ClN2O3/c1-8(2)15(5-4-11(16)17)12(18)10-6-9(13)7-14(10)3/h6-8H,4-5H2,1-3H3,(H,16,17). The van der Waals surface area contributed by atoms with Crippen molar-refractivity contribution in [2.75, 3.05) is 6.54 Å². The Morgan fingerprint density at radius 2 is 2.11 bits per heavy atom. The van der Waals surface area contributed by atoms with Crippen LogP contribution in [-0.2, 0) is 11.8 Å². The van der Waals surface area contributed by atoms with Crippen LogP contribution in [-0.4, -0.2) is 39.0 Å². The maximum absolute atomic E-state index is 12.3. The molecule has 6 heteroatoms. The highest BCUT2D eigenvalue weighted by Gasteiger charge is 2.22. The number of hydrogen-bond acceptors (Lipinski definition) is 2. The molecule has 18 heavy (non-hydrogen) atoms. The van der Waals surface area contributed by atoms with Gasteiger partial charge in [-0.15, -0.1) is 0 Å². The Hall–Kier alpha value is -1.49. The summed E-state index contributed by atoms with van der Waals surface area (Å²) in [5.41, 5.74) is 0.457. The van der Waals surface area contributed by atoms with E-state index in [-0.39, 0.29) is 24.9 Å². The van der Waals surface area contributed by atoms with Crippen molar-refractivity contribution in [2.45, 2.75) is 26.3 Å². The van der Waals surface area contributed by atoms with Crippen LogP contribution in [0.2, 0.25) is 5.02 Å². The number of aryl methyl sites for hydroxylation is 1. The number of halogens is 1.